The van der Waals surface area contributed by atoms with Crippen LogP contribution in [-0.2, 0) is 7.05 Å². The molecule has 0 aliphatic carbocycles. The van der Waals surface area contributed by atoms with E-state index in [1.165, 1.54) is 10.8 Å². The maximum atomic E-state index is 5.76. The molecule has 0 saturated heterocycles. The van der Waals surface area contributed by atoms with Crippen LogP contribution in [0.4, 0.5) is 0 Å². The van der Waals surface area contributed by atoms with Gasteiger partial charge in [0.1, 0.15) is 11.6 Å². The lowest BCUT2D eigenvalue weighted by molar-refractivity contribution is 0.582. The van der Waals surface area contributed by atoms with Crippen molar-refractivity contribution in [1.29, 1.82) is 0 Å². The van der Waals surface area contributed by atoms with Crippen molar-refractivity contribution in [2.75, 3.05) is 0 Å². The van der Waals surface area contributed by atoms with Crippen LogP contribution in [0.25, 0.3) is 72.5 Å². The normalized spacial score (nSPS) is 11.6. The molecule has 4 aromatic heterocycles. The number of rotatable bonds is 4. The standard InChI is InChI=1S/C35H24N4O/c1-38-31-12-3-2-11-30(31)37-35(38)25-15-17-28-27-16-14-24(34-13-7-19-40-34)21-32(27)39(33(28)22-25)26-9-6-8-23(20-26)29-10-4-5-18-36-29/h2-22H,1H3. The summed E-state index contributed by atoms with van der Waals surface area (Å²) in [4.78, 5) is 9.58. The molecule has 0 spiro atoms. The fraction of sp³-hybridized carbons (Fsp3) is 0.0286. The van der Waals surface area contributed by atoms with E-state index < -0.39 is 0 Å². The number of para-hydroxylation sites is 2. The quantitative estimate of drug-likeness (QED) is 0.235. The Hall–Kier alpha value is -5.42. The predicted octanol–water partition coefficient (Wildman–Crippen LogP) is 8.66. The summed E-state index contributed by atoms with van der Waals surface area (Å²) in [6, 6.07) is 40.0. The van der Waals surface area contributed by atoms with Gasteiger partial charge in [0, 0.05) is 46.4 Å². The first-order chi connectivity index (χ1) is 19.7. The van der Waals surface area contributed by atoms with Crippen LogP contribution in [0.5, 0.6) is 0 Å². The van der Waals surface area contributed by atoms with Gasteiger partial charge >= 0.3 is 0 Å². The maximum absolute atomic E-state index is 5.76. The van der Waals surface area contributed by atoms with E-state index in [0.717, 1.165) is 61.7 Å². The smallest absolute Gasteiger partial charge is 0.140 e. The number of benzene rings is 4. The van der Waals surface area contributed by atoms with Gasteiger partial charge in [-0.3, -0.25) is 4.98 Å². The number of nitrogens with zero attached hydrogens (tertiary/aromatic N) is 4. The van der Waals surface area contributed by atoms with Gasteiger partial charge < -0.3 is 13.6 Å². The molecule has 5 nitrogen and oxygen atoms in total. The van der Waals surface area contributed by atoms with Gasteiger partial charge in [0.2, 0.25) is 0 Å². The molecule has 190 valence electrons. The molecule has 0 aliphatic rings. The molecule has 0 unspecified atom stereocenters. The van der Waals surface area contributed by atoms with E-state index in [9.17, 15) is 0 Å². The largest absolute Gasteiger partial charge is 0.464 e. The molecule has 8 rings (SSSR count). The average molecular weight is 517 g/mol. The topological polar surface area (TPSA) is 48.8 Å². The van der Waals surface area contributed by atoms with Crippen LogP contribution >= 0.6 is 0 Å². The van der Waals surface area contributed by atoms with Crippen LogP contribution in [0.3, 0.4) is 0 Å². The van der Waals surface area contributed by atoms with Crippen molar-refractivity contribution >= 4 is 32.8 Å². The van der Waals surface area contributed by atoms with Crippen molar-refractivity contribution in [3.05, 3.63) is 128 Å². The molecule has 5 heteroatoms. The van der Waals surface area contributed by atoms with Gasteiger partial charge in [-0.05, 0) is 60.7 Å². The minimum atomic E-state index is 0.848. The molecule has 0 bridgehead atoms. The molecule has 0 aliphatic heterocycles. The average Bonchev–Trinajstić information content (AvgIpc) is 3.74. The highest BCUT2D eigenvalue weighted by molar-refractivity contribution is 6.11. The fourth-order valence-electron chi connectivity index (χ4n) is 5.77. The number of hydrogen-bond acceptors (Lipinski definition) is 3. The van der Waals surface area contributed by atoms with Crippen molar-refractivity contribution in [3.8, 4) is 39.7 Å². The Morgan fingerprint density at radius 1 is 0.625 bits per heavy atom. The predicted molar refractivity (Wildman–Crippen MR) is 161 cm³/mol. The van der Waals surface area contributed by atoms with Crippen LogP contribution in [-0.4, -0.2) is 19.1 Å². The van der Waals surface area contributed by atoms with E-state index in [2.05, 4.69) is 100 Å². The Labute approximate surface area is 230 Å². The Morgan fingerprint density at radius 3 is 2.20 bits per heavy atom. The molecule has 0 fully saturated rings. The number of aryl methyl sites for hydroxylation is 1. The van der Waals surface area contributed by atoms with Crippen LogP contribution < -0.4 is 0 Å². The Bertz CT molecular complexity index is 2170. The number of pyridine rings is 1. The first kappa shape index (κ1) is 22.6. The van der Waals surface area contributed by atoms with Crippen LogP contribution in [0, 0.1) is 0 Å². The van der Waals surface area contributed by atoms with Gasteiger partial charge in [0.05, 0.1) is 34.0 Å². The second-order valence-electron chi connectivity index (χ2n) is 10.0. The van der Waals surface area contributed by atoms with Gasteiger partial charge in [0.15, 0.2) is 0 Å². The molecule has 4 aromatic carbocycles. The first-order valence-corrected chi connectivity index (χ1v) is 13.3. The minimum Gasteiger partial charge on any atom is -0.464 e. The SMILES string of the molecule is Cn1c(-c2ccc3c4ccc(-c5ccco5)cc4n(-c4cccc(-c5ccccn5)c4)c3c2)nc2ccccc21. The third kappa shape index (κ3) is 3.48. The molecule has 0 atom stereocenters. The lowest BCUT2D eigenvalue weighted by atomic mass is 10.1. The second kappa shape index (κ2) is 8.82. The number of furan rings is 1. The van der Waals surface area contributed by atoms with Gasteiger partial charge in [-0.2, -0.15) is 0 Å². The zero-order chi connectivity index (χ0) is 26.6. The van der Waals surface area contributed by atoms with E-state index in [0.29, 0.717) is 0 Å². The summed E-state index contributed by atoms with van der Waals surface area (Å²) in [7, 11) is 2.08. The summed E-state index contributed by atoms with van der Waals surface area (Å²) in [6.07, 6.45) is 3.55. The summed E-state index contributed by atoms with van der Waals surface area (Å²) < 4.78 is 10.3. The highest BCUT2D eigenvalue weighted by Crippen LogP contribution is 2.38. The second-order valence-corrected chi connectivity index (χ2v) is 10.0. The lowest BCUT2D eigenvalue weighted by Crippen LogP contribution is -1.96. The van der Waals surface area contributed by atoms with E-state index in [-0.39, 0.29) is 0 Å². The first-order valence-electron chi connectivity index (χ1n) is 13.3. The minimum absolute atomic E-state index is 0.848. The monoisotopic (exact) mass is 516 g/mol. The zero-order valence-corrected chi connectivity index (χ0v) is 21.8. The molecular formula is C35H24N4O. The Morgan fingerprint density at radius 2 is 1.43 bits per heavy atom. The molecule has 4 heterocycles. The number of imidazole rings is 1. The number of aromatic nitrogens is 4. The summed E-state index contributed by atoms with van der Waals surface area (Å²) in [5.74, 6) is 1.79. The van der Waals surface area contributed by atoms with Gasteiger partial charge in [-0.1, -0.05) is 54.6 Å². The molecule has 8 aromatic rings. The third-order valence-corrected chi connectivity index (χ3v) is 7.68. The van der Waals surface area contributed by atoms with E-state index in [1.54, 1.807) is 6.26 Å². The molecule has 0 N–H and O–H groups in total. The van der Waals surface area contributed by atoms with Crippen LogP contribution in [0.1, 0.15) is 0 Å². The van der Waals surface area contributed by atoms with Crippen LogP contribution in [0.15, 0.2) is 132 Å². The number of hydrogen-bond donors (Lipinski definition) is 0. The Balaban J connectivity index is 1.41. The lowest BCUT2D eigenvalue weighted by Gasteiger charge is -2.11. The van der Waals surface area contributed by atoms with Crippen molar-refractivity contribution < 1.29 is 4.42 Å². The molecule has 0 saturated carbocycles. The van der Waals surface area contributed by atoms with E-state index in [1.807, 2.05) is 42.6 Å². The van der Waals surface area contributed by atoms with Gasteiger partial charge in [0.25, 0.3) is 0 Å². The highest BCUT2D eigenvalue weighted by Gasteiger charge is 2.17. The maximum Gasteiger partial charge on any atom is 0.140 e. The molecule has 0 radical (unpaired) electrons. The molecular weight excluding hydrogens is 492 g/mol. The third-order valence-electron chi connectivity index (χ3n) is 7.68. The van der Waals surface area contributed by atoms with Crippen molar-refractivity contribution in [1.82, 2.24) is 19.1 Å². The van der Waals surface area contributed by atoms with E-state index >= 15 is 0 Å². The fourth-order valence-corrected chi connectivity index (χ4v) is 5.77. The summed E-state index contributed by atoms with van der Waals surface area (Å²) in [6.45, 7) is 0. The van der Waals surface area contributed by atoms with Gasteiger partial charge in [-0.15, -0.1) is 0 Å². The van der Waals surface area contributed by atoms with E-state index in [4.69, 9.17) is 9.40 Å². The van der Waals surface area contributed by atoms with Crippen molar-refractivity contribution in [3.63, 3.8) is 0 Å². The summed E-state index contributed by atoms with van der Waals surface area (Å²) >= 11 is 0. The molecule has 0 amide bonds. The number of fused-ring (bicyclic) bond motifs is 4. The zero-order valence-electron chi connectivity index (χ0n) is 21.8. The Kier molecular flexibility index (Phi) is 4.97. The van der Waals surface area contributed by atoms with Crippen molar-refractivity contribution in [2.45, 2.75) is 0 Å². The molecule has 40 heavy (non-hydrogen) atoms. The van der Waals surface area contributed by atoms with Gasteiger partial charge in [-0.25, -0.2) is 4.98 Å². The summed E-state index contributed by atoms with van der Waals surface area (Å²) in [5.41, 5.74) is 9.54. The summed E-state index contributed by atoms with van der Waals surface area (Å²) in [5, 5.41) is 2.37. The highest BCUT2D eigenvalue weighted by atomic mass is 16.3. The van der Waals surface area contributed by atoms with Crippen LogP contribution in [0.2, 0.25) is 0 Å². The van der Waals surface area contributed by atoms with Crippen molar-refractivity contribution in [2.24, 2.45) is 7.05 Å².